The Morgan fingerprint density at radius 3 is 2.69 bits per heavy atom. The number of nitriles is 1. The molecule has 0 saturated heterocycles. The summed E-state index contributed by atoms with van der Waals surface area (Å²) in [6.07, 6.45) is 3.43. The first kappa shape index (κ1) is 22.4. The zero-order valence-electron chi connectivity index (χ0n) is 17.8. The van der Waals surface area contributed by atoms with Crippen LogP contribution >= 0.6 is 23.4 Å². The summed E-state index contributed by atoms with van der Waals surface area (Å²) < 4.78 is 0. The number of amides is 1. The van der Waals surface area contributed by atoms with Crippen molar-refractivity contribution in [1.29, 1.82) is 5.26 Å². The summed E-state index contributed by atoms with van der Waals surface area (Å²) >= 11 is 7.29. The third-order valence-corrected chi connectivity index (χ3v) is 7.39. The monoisotopic (exact) mass is 461 g/mol. The van der Waals surface area contributed by atoms with E-state index in [9.17, 15) is 10.1 Å². The zero-order valence-corrected chi connectivity index (χ0v) is 19.4. The van der Waals surface area contributed by atoms with Crippen LogP contribution in [0.4, 0.5) is 5.69 Å². The van der Waals surface area contributed by atoms with Crippen LogP contribution in [0.1, 0.15) is 48.1 Å². The van der Waals surface area contributed by atoms with Crippen molar-refractivity contribution in [2.45, 2.75) is 48.8 Å². The third kappa shape index (κ3) is 5.15. The molecule has 0 fully saturated rings. The van der Waals surface area contributed by atoms with Crippen molar-refractivity contribution in [2.24, 2.45) is 0 Å². The number of hydrogen-bond donors (Lipinski definition) is 1. The second-order valence-corrected chi connectivity index (χ2v) is 9.55. The summed E-state index contributed by atoms with van der Waals surface area (Å²) in [5.41, 5.74) is 4.76. The normalized spacial score (nSPS) is 16.0. The number of aryl methyl sites for hydroxylation is 1. The van der Waals surface area contributed by atoms with Gasteiger partial charge in [0.1, 0.15) is 11.1 Å². The highest BCUT2D eigenvalue weighted by molar-refractivity contribution is 8.00. The average Bonchev–Trinajstić information content (AvgIpc) is 2.83. The molecule has 2 unspecified atom stereocenters. The second-order valence-electron chi connectivity index (χ2n) is 7.92. The molecule has 6 heteroatoms. The molecule has 0 saturated carbocycles. The summed E-state index contributed by atoms with van der Waals surface area (Å²) in [6.45, 7) is 1.97. The fourth-order valence-corrected chi connectivity index (χ4v) is 5.16. The molecule has 32 heavy (non-hydrogen) atoms. The molecule has 2 aromatic carbocycles. The summed E-state index contributed by atoms with van der Waals surface area (Å²) in [6, 6.07) is 21.8. The standard InChI is InChI=1S/C26H24ClN3OS/c1-2-24(25(31)29-22-11-9-21(27)10-12-22)32-26-20(16-28)15-19-14-18(8-13-23(19)30-26)17-6-4-3-5-7-17/h3-7,9-12,15,18,24H,2,8,13-14H2,1H3,(H,29,31). The van der Waals surface area contributed by atoms with Gasteiger partial charge in [-0.2, -0.15) is 5.26 Å². The molecular formula is C26H24ClN3OS. The number of benzene rings is 2. The second kappa shape index (κ2) is 10.2. The number of nitrogens with one attached hydrogen (secondary N) is 1. The Morgan fingerprint density at radius 1 is 1.25 bits per heavy atom. The SMILES string of the molecule is CCC(Sc1nc2c(cc1C#N)CC(c1ccccc1)CC2)C(=O)Nc1ccc(Cl)cc1. The van der Waals surface area contributed by atoms with Crippen molar-refractivity contribution in [2.75, 3.05) is 5.32 Å². The number of halogens is 1. The number of carbonyl (C=O) groups excluding carboxylic acids is 1. The summed E-state index contributed by atoms with van der Waals surface area (Å²) in [4.78, 5) is 17.7. The van der Waals surface area contributed by atoms with Gasteiger partial charge >= 0.3 is 0 Å². The maximum atomic E-state index is 12.8. The molecule has 0 bridgehead atoms. The van der Waals surface area contributed by atoms with E-state index in [1.165, 1.54) is 17.3 Å². The van der Waals surface area contributed by atoms with Crippen LogP contribution in [-0.2, 0) is 17.6 Å². The predicted molar refractivity (Wildman–Crippen MR) is 130 cm³/mol. The molecular weight excluding hydrogens is 438 g/mol. The lowest BCUT2D eigenvalue weighted by molar-refractivity contribution is -0.115. The number of thioether (sulfide) groups is 1. The Balaban J connectivity index is 1.51. The first-order chi connectivity index (χ1) is 15.6. The average molecular weight is 462 g/mol. The Hall–Kier alpha value is -2.81. The Morgan fingerprint density at radius 2 is 2.00 bits per heavy atom. The highest BCUT2D eigenvalue weighted by Gasteiger charge is 2.25. The molecule has 1 heterocycles. The van der Waals surface area contributed by atoms with Crippen LogP contribution in [0, 0.1) is 11.3 Å². The Labute approximate surface area is 198 Å². The smallest absolute Gasteiger partial charge is 0.237 e. The van der Waals surface area contributed by atoms with Gasteiger partial charge in [-0.15, -0.1) is 0 Å². The lowest BCUT2D eigenvalue weighted by atomic mass is 9.82. The minimum Gasteiger partial charge on any atom is -0.325 e. The maximum absolute atomic E-state index is 12.8. The van der Waals surface area contributed by atoms with Gasteiger partial charge in [0.15, 0.2) is 0 Å². The van der Waals surface area contributed by atoms with E-state index >= 15 is 0 Å². The fraction of sp³-hybridized carbons (Fsp3) is 0.269. The maximum Gasteiger partial charge on any atom is 0.237 e. The number of fused-ring (bicyclic) bond motifs is 1. The highest BCUT2D eigenvalue weighted by atomic mass is 35.5. The minimum absolute atomic E-state index is 0.104. The molecule has 3 aromatic rings. The zero-order chi connectivity index (χ0) is 22.5. The molecule has 162 valence electrons. The largest absolute Gasteiger partial charge is 0.325 e. The summed E-state index contributed by atoms with van der Waals surface area (Å²) in [7, 11) is 0. The van der Waals surface area contributed by atoms with Gasteiger partial charge in [0.25, 0.3) is 0 Å². The number of hydrogen-bond acceptors (Lipinski definition) is 4. The lowest BCUT2D eigenvalue weighted by Gasteiger charge is -2.25. The number of pyridine rings is 1. The molecule has 4 rings (SSSR count). The van der Waals surface area contributed by atoms with Crippen LogP contribution < -0.4 is 5.32 Å². The molecule has 2 atom stereocenters. The van der Waals surface area contributed by atoms with Gasteiger partial charge < -0.3 is 5.32 Å². The molecule has 1 aromatic heterocycles. The quantitative estimate of drug-likeness (QED) is 0.432. The van der Waals surface area contributed by atoms with E-state index in [-0.39, 0.29) is 11.2 Å². The van der Waals surface area contributed by atoms with Gasteiger partial charge in [0, 0.05) is 16.4 Å². The number of anilines is 1. The third-order valence-electron chi connectivity index (χ3n) is 5.77. The van der Waals surface area contributed by atoms with E-state index in [2.05, 4.69) is 35.7 Å². The van der Waals surface area contributed by atoms with E-state index in [1.54, 1.807) is 24.3 Å². The van der Waals surface area contributed by atoms with Gasteiger partial charge in [0.2, 0.25) is 5.91 Å². The fourth-order valence-electron chi connectivity index (χ4n) is 4.04. The minimum atomic E-state index is -0.344. The van der Waals surface area contributed by atoms with Crippen LogP contribution in [0.5, 0.6) is 0 Å². The first-order valence-corrected chi connectivity index (χ1v) is 12.0. The van der Waals surface area contributed by atoms with E-state index in [0.717, 1.165) is 30.5 Å². The number of rotatable bonds is 6. The van der Waals surface area contributed by atoms with Crippen molar-refractivity contribution in [3.8, 4) is 6.07 Å². The molecule has 1 amide bonds. The van der Waals surface area contributed by atoms with Crippen molar-refractivity contribution in [1.82, 2.24) is 4.98 Å². The van der Waals surface area contributed by atoms with Crippen molar-refractivity contribution >= 4 is 35.0 Å². The Kier molecular flexibility index (Phi) is 7.14. The summed E-state index contributed by atoms with van der Waals surface area (Å²) in [5.74, 6) is 0.344. The van der Waals surface area contributed by atoms with Gasteiger partial charge in [-0.3, -0.25) is 4.79 Å². The van der Waals surface area contributed by atoms with Crippen molar-refractivity contribution in [3.63, 3.8) is 0 Å². The van der Waals surface area contributed by atoms with Crippen molar-refractivity contribution < 1.29 is 4.79 Å². The number of nitrogens with zero attached hydrogens (tertiary/aromatic N) is 2. The van der Waals surface area contributed by atoms with E-state index < -0.39 is 0 Å². The van der Waals surface area contributed by atoms with E-state index in [0.29, 0.717) is 33.6 Å². The molecule has 0 radical (unpaired) electrons. The van der Waals surface area contributed by atoms with Crippen molar-refractivity contribution in [3.05, 3.63) is 88.1 Å². The van der Waals surface area contributed by atoms with E-state index in [4.69, 9.17) is 16.6 Å². The van der Waals surface area contributed by atoms with Crippen LogP contribution in [0.25, 0.3) is 0 Å². The molecule has 0 spiro atoms. The van der Waals surface area contributed by atoms with E-state index in [1.807, 2.05) is 19.1 Å². The number of carbonyl (C=O) groups is 1. The molecule has 4 nitrogen and oxygen atoms in total. The predicted octanol–water partition coefficient (Wildman–Crippen LogP) is 6.39. The lowest BCUT2D eigenvalue weighted by Crippen LogP contribution is -2.25. The van der Waals surface area contributed by atoms with Crippen LogP contribution in [0.3, 0.4) is 0 Å². The topological polar surface area (TPSA) is 65.8 Å². The van der Waals surface area contributed by atoms with Crippen LogP contribution in [0.15, 0.2) is 65.7 Å². The summed E-state index contributed by atoms with van der Waals surface area (Å²) in [5, 5.41) is 13.6. The van der Waals surface area contributed by atoms with Gasteiger partial charge in [-0.1, -0.05) is 60.6 Å². The first-order valence-electron chi connectivity index (χ1n) is 10.8. The Bertz CT molecular complexity index is 1140. The molecule has 1 aliphatic rings. The molecule has 1 N–H and O–H groups in total. The van der Waals surface area contributed by atoms with Gasteiger partial charge in [-0.05, 0) is 73.1 Å². The number of aromatic nitrogens is 1. The van der Waals surface area contributed by atoms with Crippen LogP contribution in [0.2, 0.25) is 5.02 Å². The highest BCUT2D eigenvalue weighted by Crippen LogP contribution is 2.35. The van der Waals surface area contributed by atoms with Gasteiger partial charge in [0.05, 0.1) is 10.8 Å². The van der Waals surface area contributed by atoms with Gasteiger partial charge in [-0.25, -0.2) is 4.98 Å². The van der Waals surface area contributed by atoms with Crippen LogP contribution in [-0.4, -0.2) is 16.1 Å². The molecule has 1 aliphatic carbocycles. The molecule has 0 aliphatic heterocycles.